The van der Waals surface area contributed by atoms with Crippen LogP contribution in [-0.2, 0) is 4.74 Å². The van der Waals surface area contributed by atoms with Gasteiger partial charge >= 0.3 is 0 Å². The molecule has 0 radical (unpaired) electrons. The van der Waals surface area contributed by atoms with Crippen LogP contribution in [0.1, 0.15) is 45.6 Å². The first-order valence-corrected chi connectivity index (χ1v) is 14.2. The largest absolute Gasteiger partial charge is 0.382 e. The first kappa shape index (κ1) is 24.8. The fraction of sp³-hybridized carbons (Fsp3) is 0.448. The topological polar surface area (TPSA) is 91.4 Å². The first-order valence-electron chi connectivity index (χ1n) is 13.4. The molecule has 1 aromatic carbocycles. The van der Waals surface area contributed by atoms with Crippen molar-refractivity contribution in [2.24, 2.45) is 11.3 Å². The van der Waals surface area contributed by atoms with E-state index in [0.29, 0.717) is 22.9 Å². The van der Waals surface area contributed by atoms with Crippen molar-refractivity contribution in [2.45, 2.75) is 46.1 Å². The van der Waals surface area contributed by atoms with E-state index in [0.717, 1.165) is 83.7 Å². The van der Waals surface area contributed by atoms with Crippen LogP contribution in [0.4, 0.5) is 10.8 Å². The van der Waals surface area contributed by atoms with Crippen molar-refractivity contribution in [3.8, 4) is 27.9 Å². The van der Waals surface area contributed by atoms with Crippen LogP contribution < -0.4 is 10.2 Å². The molecule has 0 unspecified atom stereocenters. The second-order valence-corrected chi connectivity index (χ2v) is 12.1. The molecule has 2 aliphatic rings. The normalized spacial score (nSPS) is 19.9. The van der Waals surface area contributed by atoms with Gasteiger partial charge in [-0.25, -0.2) is 4.52 Å². The molecule has 9 heteroatoms. The van der Waals surface area contributed by atoms with Crippen LogP contribution >= 0.6 is 11.3 Å². The molecule has 2 aliphatic heterocycles. The number of aromatic nitrogens is 4. The first-order chi connectivity index (χ1) is 18.4. The van der Waals surface area contributed by atoms with Gasteiger partial charge in [0.05, 0.1) is 23.0 Å². The van der Waals surface area contributed by atoms with Crippen LogP contribution in [-0.4, -0.2) is 52.2 Å². The number of anilines is 2. The summed E-state index contributed by atoms with van der Waals surface area (Å²) in [6, 6.07) is 14.9. The lowest BCUT2D eigenvalue weighted by atomic mass is 9.74. The second-order valence-electron chi connectivity index (χ2n) is 11.2. The van der Waals surface area contributed by atoms with Gasteiger partial charge in [0.1, 0.15) is 6.07 Å². The molecule has 4 aromatic rings. The van der Waals surface area contributed by atoms with Crippen LogP contribution in [0.5, 0.6) is 0 Å². The maximum absolute atomic E-state index is 9.24. The average Bonchev–Trinajstić information content (AvgIpc) is 3.58. The number of rotatable bonds is 5. The molecule has 2 fully saturated rings. The summed E-state index contributed by atoms with van der Waals surface area (Å²) in [6.07, 6.45) is 4.71. The van der Waals surface area contributed by atoms with Crippen molar-refractivity contribution < 1.29 is 4.74 Å². The number of nitriles is 1. The molecular weight excluding hydrogens is 494 g/mol. The van der Waals surface area contributed by atoms with E-state index in [-0.39, 0.29) is 0 Å². The lowest BCUT2D eigenvalue weighted by molar-refractivity contribution is 0.0904. The van der Waals surface area contributed by atoms with E-state index in [2.05, 4.69) is 76.6 Å². The lowest BCUT2D eigenvalue weighted by Crippen LogP contribution is -2.43. The van der Waals surface area contributed by atoms with Gasteiger partial charge in [0.15, 0.2) is 5.01 Å². The highest BCUT2D eigenvalue weighted by molar-refractivity contribution is 7.18. The summed E-state index contributed by atoms with van der Waals surface area (Å²) < 4.78 is 7.48. The predicted molar refractivity (Wildman–Crippen MR) is 151 cm³/mol. The third kappa shape index (κ3) is 4.74. The summed E-state index contributed by atoms with van der Waals surface area (Å²) in [7, 11) is 0. The van der Waals surface area contributed by atoms with Crippen molar-refractivity contribution in [3.63, 3.8) is 0 Å². The van der Waals surface area contributed by atoms with Gasteiger partial charge in [0.2, 0.25) is 5.13 Å². The number of benzene rings is 1. The van der Waals surface area contributed by atoms with E-state index in [1.165, 1.54) is 0 Å². The smallest absolute Gasteiger partial charge is 0.208 e. The maximum Gasteiger partial charge on any atom is 0.208 e. The molecule has 6 rings (SSSR count). The van der Waals surface area contributed by atoms with Crippen LogP contribution in [0.15, 0.2) is 42.6 Å². The summed E-state index contributed by atoms with van der Waals surface area (Å²) in [4.78, 5) is 2.39. The van der Waals surface area contributed by atoms with Gasteiger partial charge in [-0.15, -0.1) is 10.2 Å². The Balaban J connectivity index is 1.35. The Morgan fingerprint density at radius 2 is 1.97 bits per heavy atom. The van der Waals surface area contributed by atoms with Crippen molar-refractivity contribution in [3.05, 3.63) is 48.2 Å². The van der Waals surface area contributed by atoms with Gasteiger partial charge < -0.3 is 15.0 Å². The Labute approximate surface area is 227 Å². The molecular formula is C29H33N7OS. The molecule has 196 valence electrons. The van der Waals surface area contributed by atoms with Gasteiger partial charge in [0.25, 0.3) is 0 Å². The zero-order valence-electron chi connectivity index (χ0n) is 22.1. The van der Waals surface area contributed by atoms with Crippen LogP contribution in [0.3, 0.4) is 0 Å². The summed E-state index contributed by atoms with van der Waals surface area (Å²) in [5.41, 5.74) is 5.96. The number of fused-ring (bicyclic) bond motifs is 1. The van der Waals surface area contributed by atoms with Gasteiger partial charge in [-0.05, 0) is 60.9 Å². The summed E-state index contributed by atoms with van der Waals surface area (Å²) in [5, 5.41) is 28.8. The van der Waals surface area contributed by atoms with Gasteiger partial charge in [0, 0.05) is 49.2 Å². The molecule has 1 atom stereocenters. The van der Waals surface area contributed by atoms with Gasteiger partial charge in [-0.3, -0.25) is 0 Å². The molecule has 0 bridgehead atoms. The van der Waals surface area contributed by atoms with Crippen LogP contribution in [0.2, 0.25) is 0 Å². The molecule has 1 N–H and O–H groups in total. The molecule has 8 nitrogen and oxygen atoms in total. The molecule has 0 saturated carbocycles. The highest BCUT2D eigenvalue weighted by Crippen LogP contribution is 2.41. The van der Waals surface area contributed by atoms with E-state index in [4.69, 9.17) is 4.74 Å². The Hall–Kier alpha value is -3.48. The van der Waals surface area contributed by atoms with Crippen molar-refractivity contribution in [1.82, 2.24) is 19.8 Å². The fourth-order valence-corrected chi connectivity index (χ4v) is 6.23. The Morgan fingerprint density at radius 1 is 1.13 bits per heavy atom. The molecule has 38 heavy (non-hydrogen) atoms. The minimum absolute atomic E-state index is 0.343. The van der Waals surface area contributed by atoms with E-state index in [1.807, 2.05) is 16.6 Å². The fourth-order valence-electron chi connectivity index (χ4n) is 5.31. The molecule has 0 spiro atoms. The van der Waals surface area contributed by atoms with Crippen molar-refractivity contribution >= 4 is 27.7 Å². The zero-order chi connectivity index (χ0) is 26.3. The number of ether oxygens (including phenoxy) is 1. The highest BCUT2D eigenvalue weighted by atomic mass is 32.1. The summed E-state index contributed by atoms with van der Waals surface area (Å²) in [6.45, 7) is 10.6. The zero-order valence-corrected chi connectivity index (χ0v) is 23.0. The number of hydrogen-bond donors (Lipinski definition) is 1. The predicted octanol–water partition coefficient (Wildman–Crippen LogP) is 5.85. The Bertz CT molecular complexity index is 1490. The standard InChI is InChI=1S/C29H33N7OS/c1-19-18-35(11-10-29(19,2)3)28-34-33-27(38-28)24-6-4-21(15-25(24)32-22-8-12-37-13-9-22)26-7-5-23-14-20(16-30)17-31-36(23)26/h4-7,14-15,17,19,22,32H,8-13,18H2,1-3H3/t19-/m0/s1. The quantitative estimate of drug-likeness (QED) is 0.348. The molecule has 5 heterocycles. The van der Waals surface area contributed by atoms with E-state index >= 15 is 0 Å². The van der Waals surface area contributed by atoms with E-state index in [1.54, 1.807) is 17.5 Å². The average molecular weight is 528 g/mol. The van der Waals surface area contributed by atoms with Gasteiger partial charge in [-0.2, -0.15) is 10.4 Å². The van der Waals surface area contributed by atoms with Crippen molar-refractivity contribution in [1.29, 1.82) is 5.26 Å². The Kier molecular flexibility index (Phi) is 6.54. The number of nitrogens with one attached hydrogen (secondary N) is 1. The second kappa shape index (κ2) is 10.0. The SMILES string of the molecule is C[C@H]1CN(c2nnc(-c3ccc(-c4ccc5cc(C#N)cnn45)cc3NC3CCOCC3)s2)CCC1(C)C. The Morgan fingerprint density at radius 3 is 2.76 bits per heavy atom. The van der Waals surface area contributed by atoms with Gasteiger partial charge in [-0.1, -0.05) is 38.2 Å². The number of hydrogen-bond acceptors (Lipinski definition) is 8. The maximum atomic E-state index is 9.24. The minimum atomic E-state index is 0.343. The lowest BCUT2D eigenvalue weighted by Gasteiger charge is -2.42. The monoisotopic (exact) mass is 527 g/mol. The molecule has 0 aliphatic carbocycles. The molecule has 0 amide bonds. The minimum Gasteiger partial charge on any atom is -0.382 e. The highest BCUT2D eigenvalue weighted by Gasteiger charge is 2.33. The van der Waals surface area contributed by atoms with E-state index in [9.17, 15) is 5.26 Å². The molecule has 3 aromatic heterocycles. The summed E-state index contributed by atoms with van der Waals surface area (Å²) >= 11 is 1.67. The number of piperidine rings is 1. The number of nitrogens with zero attached hydrogens (tertiary/aromatic N) is 6. The van der Waals surface area contributed by atoms with Crippen LogP contribution in [0.25, 0.3) is 27.3 Å². The van der Waals surface area contributed by atoms with E-state index < -0.39 is 0 Å². The van der Waals surface area contributed by atoms with Crippen LogP contribution in [0, 0.1) is 22.7 Å². The van der Waals surface area contributed by atoms with Crippen molar-refractivity contribution in [2.75, 3.05) is 36.5 Å². The summed E-state index contributed by atoms with van der Waals surface area (Å²) in [5.74, 6) is 0.600. The molecule has 2 saturated heterocycles. The third-order valence-corrected chi connectivity index (χ3v) is 9.31. The third-order valence-electron chi connectivity index (χ3n) is 8.30.